The minimum Gasteiger partial charge on any atom is -0.481 e. The fourth-order valence-electron chi connectivity index (χ4n) is 1.19. The average Bonchev–Trinajstić information content (AvgIpc) is 2.28. The van der Waals surface area contributed by atoms with Gasteiger partial charge in [-0.3, -0.25) is 0 Å². The molecule has 0 radical (unpaired) electrons. The molecule has 0 spiro atoms. The van der Waals surface area contributed by atoms with Gasteiger partial charge in [-0.25, -0.2) is 18.7 Å². The smallest absolute Gasteiger partial charge is 0.250 e. The van der Waals surface area contributed by atoms with Crippen molar-refractivity contribution in [3.05, 3.63) is 11.9 Å². The lowest BCUT2D eigenvalue weighted by atomic mass is 10.3. The second-order valence-corrected chi connectivity index (χ2v) is 2.89. The minimum atomic E-state index is -2.40. The molecular formula is C9H13F2N3O2. The van der Waals surface area contributed by atoms with Crippen LogP contribution in [0.2, 0.25) is 0 Å². The highest BCUT2D eigenvalue weighted by Gasteiger charge is 2.13. The highest BCUT2D eigenvalue weighted by atomic mass is 19.3. The molecular weight excluding hydrogens is 220 g/mol. The molecule has 0 atom stereocenters. The molecule has 0 amide bonds. The van der Waals surface area contributed by atoms with Crippen LogP contribution in [0, 0.1) is 0 Å². The summed E-state index contributed by atoms with van der Waals surface area (Å²) in [7, 11) is 2.89. The Balaban J connectivity index is 2.74. The largest absolute Gasteiger partial charge is 0.481 e. The Bertz CT molecular complexity index is 314. The van der Waals surface area contributed by atoms with Gasteiger partial charge in [-0.05, 0) is 0 Å². The summed E-state index contributed by atoms with van der Waals surface area (Å²) in [6.45, 7) is -0.237. The summed E-state index contributed by atoms with van der Waals surface area (Å²) in [6.07, 6.45) is -1.12. The van der Waals surface area contributed by atoms with Crippen LogP contribution in [0.25, 0.3) is 0 Å². The molecule has 0 saturated carbocycles. The van der Waals surface area contributed by atoms with Gasteiger partial charge < -0.3 is 14.8 Å². The zero-order valence-corrected chi connectivity index (χ0v) is 9.04. The predicted molar refractivity (Wildman–Crippen MR) is 52.8 cm³/mol. The fraction of sp³-hybridized carbons (Fsp3) is 0.556. The molecule has 16 heavy (non-hydrogen) atoms. The molecule has 0 aliphatic heterocycles. The molecule has 0 bridgehead atoms. The van der Waals surface area contributed by atoms with Crippen LogP contribution in [0.5, 0.6) is 11.8 Å². The molecule has 1 aromatic heterocycles. The summed E-state index contributed by atoms with van der Waals surface area (Å²) >= 11 is 0. The number of ether oxygens (including phenoxy) is 2. The van der Waals surface area contributed by atoms with E-state index < -0.39 is 13.0 Å². The second kappa shape index (κ2) is 6.16. The minimum absolute atomic E-state index is 0.164. The fourth-order valence-corrected chi connectivity index (χ4v) is 1.19. The lowest BCUT2D eigenvalue weighted by Crippen LogP contribution is -2.21. The zero-order valence-electron chi connectivity index (χ0n) is 9.04. The third-order valence-electron chi connectivity index (χ3n) is 1.85. The molecule has 5 nitrogen and oxygen atoms in total. The maximum absolute atomic E-state index is 11.9. The number of aromatic nitrogens is 2. The van der Waals surface area contributed by atoms with Crippen molar-refractivity contribution in [1.82, 2.24) is 15.3 Å². The molecule has 0 aliphatic rings. The molecule has 0 aromatic carbocycles. The predicted octanol–water partition coefficient (Wildman–Crippen LogP) is 0.848. The Labute approximate surface area is 91.8 Å². The molecule has 0 fully saturated rings. The molecule has 0 aliphatic carbocycles. The van der Waals surface area contributed by atoms with E-state index in [4.69, 9.17) is 9.47 Å². The molecule has 1 N–H and O–H groups in total. The summed E-state index contributed by atoms with van der Waals surface area (Å²) < 4.78 is 33.9. The van der Waals surface area contributed by atoms with Gasteiger partial charge in [0.2, 0.25) is 11.8 Å². The van der Waals surface area contributed by atoms with Crippen LogP contribution >= 0.6 is 0 Å². The molecule has 1 heterocycles. The summed E-state index contributed by atoms with van der Waals surface area (Å²) in [5.41, 5.74) is 0.521. The maximum atomic E-state index is 11.9. The Morgan fingerprint density at radius 2 is 1.81 bits per heavy atom. The summed E-state index contributed by atoms with van der Waals surface area (Å²) in [5, 5.41) is 2.56. The molecule has 1 aromatic rings. The SMILES string of the molecule is COc1ncnc(OC)c1CNCC(F)F. The van der Waals surface area contributed by atoms with E-state index in [1.165, 1.54) is 20.5 Å². The third-order valence-corrected chi connectivity index (χ3v) is 1.85. The summed E-state index contributed by atoms with van der Waals surface area (Å²) in [6, 6.07) is 0. The van der Waals surface area contributed by atoms with E-state index in [0.717, 1.165) is 0 Å². The first kappa shape index (κ1) is 12.6. The van der Waals surface area contributed by atoms with Gasteiger partial charge in [0, 0.05) is 6.54 Å². The maximum Gasteiger partial charge on any atom is 0.250 e. The number of nitrogens with one attached hydrogen (secondary N) is 1. The lowest BCUT2D eigenvalue weighted by Gasteiger charge is -2.11. The molecule has 1 rings (SSSR count). The van der Waals surface area contributed by atoms with E-state index in [0.29, 0.717) is 17.3 Å². The van der Waals surface area contributed by atoms with E-state index in [9.17, 15) is 8.78 Å². The molecule has 0 unspecified atom stereocenters. The van der Waals surface area contributed by atoms with Gasteiger partial charge >= 0.3 is 0 Å². The summed E-state index contributed by atoms with van der Waals surface area (Å²) in [5.74, 6) is 0.627. The van der Waals surface area contributed by atoms with Crippen molar-refractivity contribution in [2.45, 2.75) is 13.0 Å². The van der Waals surface area contributed by atoms with Crippen molar-refractivity contribution < 1.29 is 18.3 Å². The number of alkyl halides is 2. The van der Waals surface area contributed by atoms with Crippen LogP contribution in [0.4, 0.5) is 8.78 Å². The van der Waals surface area contributed by atoms with Crippen molar-refractivity contribution in [2.24, 2.45) is 0 Å². The first-order valence-corrected chi connectivity index (χ1v) is 4.59. The first-order chi connectivity index (χ1) is 7.69. The van der Waals surface area contributed by atoms with E-state index in [1.54, 1.807) is 0 Å². The first-order valence-electron chi connectivity index (χ1n) is 4.59. The van der Waals surface area contributed by atoms with Crippen LogP contribution in [-0.4, -0.2) is 37.2 Å². The van der Waals surface area contributed by atoms with Gasteiger partial charge in [0.25, 0.3) is 6.43 Å². The number of hydrogen-bond donors (Lipinski definition) is 1. The van der Waals surface area contributed by atoms with Crippen LogP contribution in [0.15, 0.2) is 6.33 Å². The highest BCUT2D eigenvalue weighted by molar-refractivity contribution is 5.34. The second-order valence-electron chi connectivity index (χ2n) is 2.89. The lowest BCUT2D eigenvalue weighted by molar-refractivity contribution is 0.145. The zero-order chi connectivity index (χ0) is 12.0. The van der Waals surface area contributed by atoms with Gasteiger partial charge in [0.05, 0.1) is 26.3 Å². The Hall–Kier alpha value is -1.50. The van der Waals surface area contributed by atoms with Gasteiger partial charge in [-0.2, -0.15) is 0 Å². The van der Waals surface area contributed by atoms with Crippen molar-refractivity contribution in [3.63, 3.8) is 0 Å². The van der Waals surface area contributed by atoms with E-state index in [-0.39, 0.29) is 6.54 Å². The Morgan fingerprint density at radius 3 is 2.25 bits per heavy atom. The highest BCUT2D eigenvalue weighted by Crippen LogP contribution is 2.22. The number of rotatable bonds is 6. The number of halogens is 2. The summed E-state index contributed by atoms with van der Waals surface area (Å²) in [4.78, 5) is 7.73. The standard InChI is InChI=1S/C9H13F2N3O2/c1-15-8-6(3-12-4-7(10)11)9(16-2)14-5-13-8/h5,7,12H,3-4H2,1-2H3. The molecule has 0 saturated heterocycles. The molecule has 7 heteroatoms. The Morgan fingerprint density at radius 1 is 1.25 bits per heavy atom. The van der Waals surface area contributed by atoms with Crippen molar-refractivity contribution in [1.29, 1.82) is 0 Å². The van der Waals surface area contributed by atoms with Crippen LogP contribution in [0.1, 0.15) is 5.56 Å². The van der Waals surface area contributed by atoms with Crippen molar-refractivity contribution in [3.8, 4) is 11.8 Å². The van der Waals surface area contributed by atoms with Gasteiger partial charge in [-0.1, -0.05) is 0 Å². The van der Waals surface area contributed by atoms with Crippen LogP contribution in [0.3, 0.4) is 0 Å². The third kappa shape index (κ3) is 3.27. The quantitative estimate of drug-likeness (QED) is 0.789. The van der Waals surface area contributed by atoms with Gasteiger partial charge in [0.15, 0.2) is 0 Å². The van der Waals surface area contributed by atoms with Crippen molar-refractivity contribution in [2.75, 3.05) is 20.8 Å². The van der Waals surface area contributed by atoms with Crippen LogP contribution < -0.4 is 14.8 Å². The number of hydrogen-bond acceptors (Lipinski definition) is 5. The van der Waals surface area contributed by atoms with E-state index in [1.807, 2.05) is 0 Å². The van der Waals surface area contributed by atoms with Gasteiger partial charge in [-0.15, -0.1) is 0 Å². The molecule has 90 valence electrons. The van der Waals surface area contributed by atoms with Crippen LogP contribution in [-0.2, 0) is 6.54 Å². The topological polar surface area (TPSA) is 56.3 Å². The monoisotopic (exact) mass is 233 g/mol. The normalized spacial score (nSPS) is 10.6. The Kier molecular flexibility index (Phi) is 4.84. The van der Waals surface area contributed by atoms with E-state index >= 15 is 0 Å². The number of methoxy groups -OCH3 is 2. The van der Waals surface area contributed by atoms with E-state index in [2.05, 4.69) is 15.3 Å². The van der Waals surface area contributed by atoms with Crippen molar-refractivity contribution >= 4 is 0 Å². The average molecular weight is 233 g/mol. The number of nitrogens with zero attached hydrogens (tertiary/aromatic N) is 2. The van der Waals surface area contributed by atoms with Gasteiger partial charge in [0.1, 0.15) is 6.33 Å².